The second-order valence-corrected chi connectivity index (χ2v) is 8.03. The van der Waals surface area contributed by atoms with E-state index in [0.717, 1.165) is 54.9 Å². The van der Waals surface area contributed by atoms with Gasteiger partial charge in [0, 0.05) is 49.6 Å². The molecule has 1 aliphatic heterocycles. The molecule has 6 heteroatoms. The molecule has 0 aliphatic carbocycles. The quantitative estimate of drug-likeness (QED) is 0.535. The van der Waals surface area contributed by atoms with Crippen molar-refractivity contribution in [3.8, 4) is 0 Å². The number of carbonyl (C=O) groups excluding carboxylic acids is 1. The van der Waals surface area contributed by atoms with Gasteiger partial charge in [-0.15, -0.1) is 0 Å². The summed E-state index contributed by atoms with van der Waals surface area (Å²) in [5, 5.41) is 0.967. The standard InChI is InChI=1S/C24H25F3N2O/c1-28-16-21(19-10-3-4-11-22(19)28)20(15-23(30)29-12-5-2-6-13-29)17-8-7-9-18(14-17)24(25,26)27/h3-4,7-11,14,16,20H,2,5-6,12-13,15H2,1H3/t20-/m1/s1. The molecule has 0 radical (unpaired) electrons. The van der Waals surface area contributed by atoms with E-state index >= 15 is 0 Å². The minimum absolute atomic E-state index is 0.00467. The van der Waals surface area contributed by atoms with Crippen LogP contribution in [0.5, 0.6) is 0 Å². The van der Waals surface area contributed by atoms with E-state index in [-0.39, 0.29) is 12.3 Å². The zero-order valence-corrected chi connectivity index (χ0v) is 17.0. The Bertz CT molecular complexity index is 1050. The molecule has 1 atom stereocenters. The minimum Gasteiger partial charge on any atom is -0.350 e. The molecule has 1 fully saturated rings. The van der Waals surface area contributed by atoms with Crippen LogP contribution in [0.15, 0.2) is 54.7 Å². The summed E-state index contributed by atoms with van der Waals surface area (Å²) >= 11 is 0. The summed E-state index contributed by atoms with van der Waals surface area (Å²) in [4.78, 5) is 14.9. The maximum Gasteiger partial charge on any atom is 0.416 e. The van der Waals surface area contributed by atoms with E-state index in [2.05, 4.69) is 0 Å². The fourth-order valence-corrected chi connectivity index (χ4v) is 4.44. The van der Waals surface area contributed by atoms with Crippen LogP contribution < -0.4 is 0 Å². The normalized spacial score (nSPS) is 16.1. The fourth-order valence-electron chi connectivity index (χ4n) is 4.44. The van der Waals surface area contributed by atoms with E-state index < -0.39 is 17.7 Å². The highest BCUT2D eigenvalue weighted by molar-refractivity contribution is 5.86. The summed E-state index contributed by atoms with van der Waals surface area (Å²) in [6, 6.07) is 13.2. The van der Waals surface area contributed by atoms with Crippen molar-refractivity contribution < 1.29 is 18.0 Å². The number of rotatable bonds is 4. The molecular formula is C24H25F3N2O. The SMILES string of the molecule is Cn1cc([C@H](CC(=O)N2CCCCC2)c2cccc(C(F)(F)F)c2)c2ccccc21. The molecule has 4 rings (SSSR count). The lowest BCUT2D eigenvalue weighted by molar-refractivity contribution is -0.137. The molecule has 158 valence electrons. The number of hydrogen-bond acceptors (Lipinski definition) is 1. The predicted molar refractivity (Wildman–Crippen MR) is 111 cm³/mol. The number of carbonyl (C=O) groups is 1. The van der Waals surface area contributed by atoms with Crippen LogP contribution >= 0.6 is 0 Å². The monoisotopic (exact) mass is 414 g/mol. The van der Waals surface area contributed by atoms with Crippen LogP contribution in [0.3, 0.4) is 0 Å². The Hall–Kier alpha value is -2.76. The molecule has 30 heavy (non-hydrogen) atoms. The first kappa shape index (κ1) is 20.5. The summed E-state index contributed by atoms with van der Waals surface area (Å²) in [5.41, 5.74) is 1.72. The molecule has 0 bridgehead atoms. The van der Waals surface area contributed by atoms with Crippen LogP contribution in [-0.4, -0.2) is 28.5 Å². The number of para-hydroxylation sites is 1. The zero-order chi connectivity index (χ0) is 21.3. The number of aryl methyl sites for hydroxylation is 1. The molecular weight excluding hydrogens is 389 g/mol. The topological polar surface area (TPSA) is 25.2 Å². The Labute approximate surface area is 174 Å². The number of alkyl halides is 3. The lowest BCUT2D eigenvalue weighted by atomic mass is 9.86. The van der Waals surface area contributed by atoms with Gasteiger partial charge in [0.25, 0.3) is 0 Å². The van der Waals surface area contributed by atoms with Gasteiger partial charge >= 0.3 is 6.18 Å². The summed E-state index contributed by atoms with van der Waals surface area (Å²) < 4.78 is 42.1. The van der Waals surface area contributed by atoms with Crippen LogP contribution in [0.4, 0.5) is 13.2 Å². The van der Waals surface area contributed by atoms with E-state index in [0.29, 0.717) is 5.56 Å². The van der Waals surface area contributed by atoms with Gasteiger partial charge in [0.15, 0.2) is 0 Å². The van der Waals surface area contributed by atoms with Crippen LogP contribution in [0.25, 0.3) is 10.9 Å². The largest absolute Gasteiger partial charge is 0.416 e. The predicted octanol–water partition coefficient (Wildman–Crippen LogP) is 5.73. The molecule has 0 N–H and O–H groups in total. The highest BCUT2D eigenvalue weighted by Gasteiger charge is 2.32. The van der Waals surface area contributed by atoms with E-state index in [9.17, 15) is 18.0 Å². The van der Waals surface area contributed by atoms with Crippen molar-refractivity contribution in [2.75, 3.05) is 13.1 Å². The summed E-state index contributed by atoms with van der Waals surface area (Å²) in [6.07, 6.45) is 0.761. The Kier molecular flexibility index (Phi) is 5.58. The van der Waals surface area contributed by atoms with E-state index in [4.69, 9.17) is 0 Å². The highest BCUT2D eigenvalue weighted by atomic mass is 19.4. The molecule has 1 aliphatic rings. The number of aromatic nitrogens is 1. The number of halogens is 3. The van der Waals surface area contributed by atoms with Gasteiger partial charge in [0.1, 0.15) is 0 Å². The van der Waals surface area contributed by atoms with Gasteiger partial charge in [-0.2, -0.15) is 13.2 Å². The Morgan fingerprint density at radius 2 is 1.77 bits per heavy atom. The van der Waals surface area contributed by atoms with Crippen molar-refractivity contribution in [3.05, 3.63) is 71.4 Å². The molecule has 1 aromatic heterocycles. The average Bonchev–Trinajstić information content (AvgIpc) is 3.08. The zero-order valence-electron chi connectivity index (χ0n) is 17.0. The Morgan fingerprint density at radius 3 is 2.50 bits per heavy atom. The van der Waals surface area contributed by atoms with E-state index in [1.165, 1.54) is 12.1 Å². The third kappa shape index (κ3) is 4.09. The molecule has 1 amide bonds. The molecule has 0 saturated carbocycles. The molecule has 1 saturated heterocycles. The molecule has 3 nitrogen and oxygen atoms in total. The summed E-state index contributed by atoms with van der Waals surface area (Å²) in [5.74, 6) is -0.433. The number of nitrogens with zero attached hydrogens (tertiary/aromatic N) is 2. The molecule has 2 heterocycles. The van der Waals surface area contributed by atoms with E-state index in [1.807, 2.05) is 47.0 Å². The Morgan fingerprint density at radius 1 is 1.03 bits per heavy atom. The Balaban J connectivity index is 1.78. The van der Waals surface area contributed by atoms with Crippen molar-refractivity contribution in [1.29, 1.82) is 0 Å². The fraction of sp³-hybridized carbons (Fsp3) is 0.375. The summed E-state index contributed by atoms with van der Waals surface area (Å²) in [6.45, 7) is 1.45. The lowest BCUT2D eigenvalue weighted by Crippen LogP contribution is -2.36. The number of hydrogen-bond donors (Lipinski definition) is 0. The lowest BCUT2D eigenvalue weighted by Gasteiger charge is -2.29. The smallest absolute Gasteiger partial charge is 0.350 e. The maximum atomic E-state index is 13.4. The van der Waals surface area contributed by atoms with E-state index in [1.54, 1.807) is 6.07 Å². The van der Waals surface area contributed by atoms with Gasteiger partial charge in [-0.3, -0.25) is 4.79 Å². The van der Waals surface area contributed by atoms with Gasteiger partial charge in [-0.1, -0.05) is 36.4 Å². The van der Waals surface area contributed by atoms with Gasteiger partial charge in [0.2, 0.25) is 5.91 Å². The molecule has 3 aromatic rings. The first-order valence-corrected chi connectivity index (χ1v) is 10.3. The van der Waals surface area contributed by atoms with Crippen molar-refractivity contribution >= 4 is 16.8 Å². The third-order valence-electron chi connectivity index (χ3n) is 6.01. The number of piperidine rings is 1. The van der Waals surface area contributed by atoms with Gasteiger partial charge in [-0.25, -0.2) is 0 Å². The minimum atomic E-state index is -4.42. The van der Waals surface area contributed by atoms with Crippen molar-refractivity contribution in [2.45, 2.75) is 37.8 Å². The van der Waals surface area contributed by atoms with Crippen LogP contribution in [0.2, 0.25) is 0 Å². The third-order valence-corrected chi connectivity index (χ3v) is 6.01. The van der Waals surface area contributed by atoms with Gasteiger partial charge < -0.3 is 9.47 Å². The second kappa shape index (κ2) is 8.17. The van der Waals surface area contributed by atoms with Gasteiger partial charge in [0.05, 0.1) is 5.56 Å². The van der Waals surface area contributed by atoms with Crippen LogP contribution in [0, 0.1) is 0 Å². The second-order valence-electron chi connectivity index (χ2n) is 8.03. The average molecular weight is 414 g/mol. The number of amides is 1. The van der Waals surface area contributed by atoms with Crippen molar-refractivity contribution in [1.82, 2.24) is 9.47 Å². The molecule has 0 unspecified atom stereocenters. The first-order valence-electron chi connectivity index (χ1n) is 10.3. The highest BCUT2D eigenvalue weighted by Crippen LogP contribution is 2.38. The van der Waals surface area contributed by atoms with Crippen LogP contribution in [0.1, 0.15) is 48.3 Å². The number of fused-ring (bicyclic) bond motifs is 1. The first-order chi connectivity index (χ1) is 14.3. The van der Waals surface area contributed by atoms with Crippen molar-refractivity contribution in [3.63, 3.8) is 0 Å². The maximum absolute atomic E-state index is 13.4. The molecule has 2 aromatic carbocycles. The molecule has 0 spiro atoms. The number of benzene rings is 2. The van der Waals surface area contributed by atoms with Crippen LogP contribution in [-0.2, 0) is 18.0 Å². The van der Waals surface area contributed by atoms with Gasteiger partial charge in [-0.05, 0) is 42.5 Å². The van der Waals surface area contributed by atoms with Crippen molar-refractivity contribution in [2.24, 2.45) is 7.05 Å². The summed E-state index contributed by atoms with van der Waals surface area (Å²) in [7, 11) is 1.92. The number of likely N-dealkylation sites (tertiary alicyclic amines) is 1.